The maximum absolute atomic E-state index is 13.6. The number of fused-ring (bicyclic) bond motifs is 3. The van der Waals surface area contributed by atoms with Gasteiger partial charge in [-0.05, 0) is 102 Å². The van der Waals surface area contributed by atoms with Gasteiger partial charge in [0.2, 0.25) is 0 Å². The first kappa shape index (κ1) is 45.9. The van der Waals surface area contributed by atoms with Crippen molar-refractivity contribution in [2.75, 3.05) is 26.4 Å². The van der Waals surface area contributed by atoms with Crippen molar-refractivity contribution >= 4 is 39.8 Å². The lowest BCUT2D eigenvalue weighted by Gasteiger charge is -2.31. The summed E-state index contributed by atoms with van der Waals surface area (Å²) in [6.07, 6.45) is 12.8. The second-order valence-electron chi connectivity index (χ2n) is 17.7. The van der Waals surface area contributed by atoms with Crippen LogP contribution < -0.4 is 15.4 Å². The Labute approximate surface area is 346 Å². The fourth-order valence-electron chi connectivity index (χ4n) is 7.06. The van der Waals surface area contributed by atoms with E-state index in [1.807, 2.05) is 25.4 Å². The SMILES string of the molecule is C=C(CCC(C)NC(=O)c1c(OCC(C)(C)COCC(C)(C)CNC(CCc2ccc3c(c2)[nH]c2ccncc23)=C2CCC2)cccc1C(C)=O)C(C)CC.CC=O. The number of benzene rings is 2. The molecule has 314 valence electrons. The van der Waals surface area contributed by atoms with Crippen LogP contribution in [0.1, 0.15) is 134 Å². The van der Waals surface area contributed by atoms with E-state index < -0.39 is 0 Å². The Morgan fingerprint density at radius 2 is 1.71 bits per heavy atom. The molecule has 2 unspecified atom stereocenters. The largest absolute Gasteiger partial charge is 0.492 e. The van der Waals surface area contributed by atoms with E-state index in [-0.39, 0.29) is 28.6 Å². The molecule has 0 saturated heterocycles. The van der Waals surface area contributed by atoms with Crippen LogP contribution in [0.25, 0.3) is 21.8 Å². The zero-order valence-electron chi connectivity index (χ0n) is 36.6. The number of amides is 1. The van der Waals surface area contributed by atoms with Crippen LogP contribution in [0.3, 0.4) is 0 Å². The number of nitrogens with zero attached hydrogens (tertiary/aromatic N) is 1. The van der Waals surface area contributed by atoms with Crippen molar-refractivity contribution in [1.82, 2.24) is 20.6 Å². The Balaban J connectivity index is 0.00000240. The summed E-state index contributed by atoms with van der Waals surface area (Å²) in [6.45, 7) is 24.4. The molecule has 1 aliphatic rings. The fraction of sp³-hybridized carbons (Fsp3) is 0.510. The zero-order chi connectivity index (χ0) is 42.5. The summed E-state index contributed by atoms with van der Waals surface area (Å²) in [4.78, 5) is 42.9. The van der Waals surface area contributed by atoms with Gasteiger partial charge in [0.25, 0.3) is 5.91 Å². The number of carbonyl (C=O) groups is 3. The van der Waals surface area contributed by atoms with E-state index in [9.17, 15) is 9.59 Å². The second-order valence-corrected chi connectivity index (χ2v) is 17.7. The van der Waals surface area contributed by atoms with E-state index in [1.54, 1.807) is 23.8 Å². The van der Waals surface area contributed by atoms with Crippen molar-refractivity contribution in [2.24, 2.45) is 16.7 Å². The molecule has 1 fully saturated rings. The molecule has 1 amide bonds. The number of carbonyl (C=O) groups excluding carboxylic acids is 3. The quantitative estimate of drug-likeness (QED) is 0.0436. The number of aromatic amines is 1. The Kier molecular flexibility index (Phi) is 16.9. The van der Waals surface area contributed by atoms with E-state index >= 15 is 0 Å². The number of ether oxygens (including phenoxy) is 2. The van der Waals surface area contributed by atoms with Crippen LogP contribution >= 0.6 is 0 Å². The summed E-state index contributed by atoms with van der Waals surface area (Å²) in [6, 6.07) is 13.9. The van der Waals surface area contributed by atoms with Crippen LogP contribution in [0.5, 0.6) is 5.75 Å². The molecule has 3 N–H and O–H groups in total. The molecular weight excluding hydrogens is 725 g/mol. The van der Waals surface area contributed by atoms with E-state index in [0.717, 1.165) is 61.4 Å². The summed E-state index contributed by atoms with van der Waals surface area (Å²) < 4.78 is 12.7. The zero-order valence-corrected chi connectivity index (χ0v) is 36.6. The van der Waals surface area contributed by atoms with Crippen molar-refractivity contribution in [3.05, 3.63) is 95.0 Å². The third-order valence-corrected chi connectivity index (χ3v) is 11.1. The minimum atomic E-state index is -0.339. The number of Topliss-reactive ketones (excluding diaryl/α,β-unsaturated/α-hetero) is 1. The molecule has 58 heavy (non-hydrogen) atoms. The molecule has 2 atom stereocenters. The summed E-state index contributed by atoms with van der Waals surface area (Å²) in [5.74, 6) is 0.392. The fourth-order valence-corrected chi connectivity index (χ4v) is 7.06. The number of hydrogen-bond acceptors (Lipinski definition) is 7. The van der Waals surface area contributed by atoms with E-state index in [0.29, 0.717) is 42.6 Å². The molecule has 9 nitrogen and oxygen atoms in total. The van der Waals surface area contributed by atoms with Gasteiger partial charge < -0.3 is 29.9 Å². The van der Waals surface area contributed by atoms with Gasteiger partial charge in [-0.2, -0.15) is 0 Å². The Hall–Kier alpha value is -4.76. The predicted octanol–water partition coefficient (Wildman–Crippen LogP) is 10.7. The van der Waals surface area contributed by atoms with Gasteiger partial charge in [-0.3, -0.25) is 14.6 Å². The van der Waals surface area contributed by atoms with Crippen LogP contribution in [0.15, 0.2) is 78.3 Å². The van der Waals surface area contributed by atoms with Gasteiger partial charge in [0.1, 0.15) is 12.0 Å². The number of ketones is 1. The average molecular weight is 793 g/mol. The Morgan fingerprint density at radius 1 is 0.983 bits per heavy atom. The molecule has 0 radical (unpaired) electrons. The number of aromatic nitrogens is 2. The summed E-state index contributed by atoms with van der Waals surface area (Å²) in [7, 11) is 0. The summed E-state index contributed by atoms with van der Waals surface area (Å²) in [5.41, 5.74) is 7.96. The van der Waals surface area contributed by atoms with Gasteiger partial charge in [-0.25, -0.2) is 0 Å². The topological polar surface area (TPSA) is 122 Å². The van der Waals surface area contributed by atoms with Crippen LogP contribution in [0.4, 0.5) is 0 Å². The van der Waals surface area contributed by atoms with E-state index in [1.165, 1.54) is 55.3 Å². The monoisotopic (exact) mass is 793 g/mol. The lowest BCUT2D eigenvalue weighted by atomic mass is 9.87. The third kappa shape index (κ3) is 13.1. The van der Waals surface area contributed by atoms with Crippen molar-refractivity contribution in [3.8, 4) is 5.75 Å². The average Bonchev–Trinajstić information content (AvgIpc) is 3.54. The lowest BCUT2D eigenvalue weighted by Crippen LogP contribution is -2.36. The molecule has 2 aromatic heterocycles. The normalized spacial score (nSPS) is 13.8. The van der Waals surface area contributed by atoms with Crippen molar-refractivity contribution < 1.29 is 23.9 Å². The molecule has 0 bridgehead atoms. The highest BCUT2D eigenvalue weighted by atomic mass is 16.5. The molecule has 0 spiro atoms. The van der Waals surface area contributed by atoms with Crippen molar-refractivity contribution in [1.29, 1.82) is 0 Å². The molecule has 1 saturated carbocycles. The van der Waals surface area contributed by atoms with E-state index in [4.69, 9.17) is 14.3 Å². The standard InChI is InChI=1S/C47H64N4O4.C2H4O/c1-10-31(2)32(3)17-18-33(4)50-45(53)44-37(34(5)52)15-12-16-43(44)55-30-47(8,9)29-54-28-46(6,7)27-49-40(36-13-11-14-36)22-20-35-19-21-38-39-26-48-24-23-41(39)51-42(38)25-35;1-2-3/h12,15-16,19,21,23-26,31,33,49,51H,3,10-11,13-14,17-18,20,22,27-30H2,1-2,4-9H3,(H,50,53);2H,1H3. The number of rotatable bonds is 21. The minimum absolute atomic E-state index is 0.0796. The predicted molar refractivity (Wildman–Crippen MR) is 238 cm³/mol. The number of nitrogens with one attached hydrogen (secondary N) is 3. The highest BCUT2D eigenvalue weighted by Gasteiger charge is 2.27. The molecule has 4 aromatic rings. The number of pyridine rings is 1. The number of hydrogen-bond donors (Lipinski definition) is 3. The highest BCUT2D eigenvalue weighted by molar-refractivity contribution is 6.09. The Bertz CT molecular complexity index is 2050. The van der Waals surface area contributed by atoms with Crippen LogP contribution in [0.2, 0.25) is 0 Å². The second kappa shape index (κ2) is 21.3. The lowest BCUT2D eigenvalue weighted by molar-refractivity contribution is -0.106. The smallest absolute Gasteiger partial charge is 0.255 e. The van der Waals surface area contributed by atoms with Crippen molar-refractivity contribution in [2.45, 2.75) is 120 Å². The van der Waals surface area contributed by atoms with Crippen LogP contribution in [-0.2, 0) is 16.0 Å². The molecule has 0 aliphatic heterocycles. The molecule has 9 heteroatoms. The van der Waals surface area contributed by atoms with Gasteiger partial charge in [0, 0.05) is 68.9 Å². The molecule has 1 aliphatic carbocycles. The third-order valence-electron chi connectivity index (χ3n) is 11.1. The molecule has 5 rings (SSSR count). The van der Waals surface area contributed by atoms with Crippen LogP contribution in [-0.4, -0.2) is 60.4 Å². The minimum Gasteiger partial charge on any atom is -0.492 e. The maximum Gasteiger partial charge on any atom is 0.255 e. The van der Waals surface area contributed by atoms with Gasteiger partial charge in [-0.15, -0.1) is 0 Å². The molecule has 2 heterocycles. The highest BCUT2D eigenvalue weighted by Crippen LogP contribution is 2.32. The first-order valence-electron chi connectivity index (χ1n) is 21.1. The van der Waals surface area contributed by atoms with Gasteiger partial charge in [0.05, 0.1) is 25.4 Å². The molecular formula is C49H68N4O5. The van der Waals surface area contributed by atoms with Crippen LogP contribution in [0, 0.1) is 16.7 Å². The van der Waals surface area contributed by atoms with Gasteiger partial charge in [-0.1, -0.05) is 83.5 Å². The number of H-pyrrole nitrogens is 1. The van der Waals surface area contributed by atoms with E-state index in [2.05, 4.69) is 86.9 Å². The Morgan fingerprint density at radius 3 is 2.38 bits per heavy atom. The maximum atomic E-state index is 13.6. The van der Waals surface area contributed by atoms with Crippen molar-refractivity contribution in [3.63, 3.8) is 0 Å². The summed E-state index contributed by atoms with van der Waals surface area (Å²) in [5, 5.41) is 9.32. The number of aryl methyl sites for hydroxylation is 1. The number of aldehydes is 1. The first-order valence-corrected chi connectivity index (χ1v) is 21.1. The van der Waals surface area contributed by atoms with Gasteiger partial charge >= 0.3 is 0 Å². The first-order chi connectivity index (χ1) is 27.6. The van der Waals surface area contributed by atoms with Gasteiger partial charge in [0.15, 0.2) is 5.78 Å². The molecule has 2 aromatic carbocycles. The summed E-state index contributed by atoms with van der Waals surface area (Å²) >= 11 is 0. The number of allylic oxidation sites excluding steroid dienone is 3.